The number of nitrogens with two attached hydrogens (primary N) is 1. The standard InChI is InChI=1S/C10H14N4O/c1-14-4-2-9(13-14)10(12-11)6-8-3-5-15-7-8/h2-5,7,10,12H,6,11H2,1H3. The fourth-order valence-corrected chi connectivity index (χ4v) is 1.51. The van der Waals surface area contributed by atoms with Crippen molar-refractivity contribution >= 4 is 0 Å². The summed E-state index contributed by atoms with van der Waals surface area (Å²) in [6, 6.07) is 3.89. The van der Waals surface area contributed by atoms with Gasteiger partial charge in [-0.25, -0.2) is 0 Å². The molecule has 0 aromatic carbocycles. The fraction of sp³-hybridized carbons (Fsp3) is 0.300. The molecule has 0 amide bonds. The van der Waals surface area contributed by atoms with Gasteiger partial charge in [0.15, 0.2) is 0 Å². The molecule has 5 nitrogen and oxygen atoms in total. The van der Waals surface area contributed by atoms with Gasteiger partial charge in [0.05, 0.1) is 24.3 Å². The summed E-state index contributed by atoms with van der Waals surface area (Å²) in [5, 5.41) is 4.31. The molecule has 2 aromatic rings. The molecule has 2 heterocycles. The Labute approximate surface area is 87.8 Å². The van der Waals surface area contributed by atoms with Gasteiger partial charge in [-0.15, -0.1) is 0 Å². The Hall–Kier alpha value is -1.59. The lowest BCUT2D eigenvalue weighted by Crippen LogP contribution is -2.29. The summed E-state index contributed by atoms with van der Waals surface area (Å²) < 4.78 is 6.77. The van der Waals surface area contributed by atoms with Crippen molar-refractivity contribution < 1.29 is 4.42 Å². The van der Waals surface area contributed by atoms with E-state index in [0.717, 1.165) is 17.7 Å². The number of nitrogens with one attached hydrogen (secondary N) is 1. The van der Waals surface area contributed by atoms with E-state index in [2.05, 4.69) is 10.5 Å². The Bertz CT molecular complexity index is 407. The van der Waals surface area contributed by atoms with Crippen molar-refractivity contribution in [2.75, 3.05) is 0 Å². The second-order valence-electron chi connectivity index (χ2n) is 3.47. The molecule has 5 heteroatoms. The average molecular weight is 206 g/mol. The van der Waals surface area contributed by atoms with E-state index in [0.29, 0.717) is 0 Å². The molecule has 0 aliphatic rings. The van der Waals surface area contributed by atoms with Crippen LogP contribution in [0.4, 0.5) is 0 Å². The van der Waals surface area contributed by atoms with Gasteiger partial charge in [-0.1, -0.05) is 0 Å². The summed E-state index contributed by atoms with van der Waals surface area (Å²) in [6.07, 6.45) is 6.04. The lowest BCUT2D eigenvalue weighted by Gasteiger charge is -2.11. The number of nitrogens with zero attached hydrogens (tertiary/aromatic N) is 2. The van der Waals surface area contributed by atoms with Crippen LogP contribution in [0, 0.1) is 0 Å². The quantitative estimate of drug-likeness (QED) is 0.572. The highest BCUT2D eigenvalue weighted by molar-refractivity contribution is 5.13. The van der Waals surface area contributed by atoms with Crippen LogP contribution in [-0.2, 0) is 13.5 Å². The number of hydrazine groups is 1. The minimum atomic E-state index is 0.0174. The van der Waals surface area contributed by atoms with Crippen LogP contribution >= 0.6 is 0 Å². The van der Waals surface area contributed by atoms with Crippen LogP contribution in [0.15, 0.2) is 35.3 Å². The summed E-state index contributed by atoms with van der Waals surface area (Å²) in [5.74, 6) is 5.50. The molecule has 80 valence electrons. The third-order valence-corrected chi connectivity index (χ3v) is 2.31. The first-order valence-electron chi connectivity index (χ1n) is 4.76. The zero-order valence-corrected chi connectivity index (χ0v) is 8.55. The smallest absolute Gasteiger partial charge is 0.0935 e. The van der Waals surface area contributed by atoms with Crippen LogP contribution in [0.25, 0.3) is 0 Å². The second-order valence-corrected chi connectivity index (χ2v) is 3.47. The molecular formula is C10H14N4O. The molecule has 15 heavy (non-hydrogen) atoms. The SMILES string of the molecule is Cn1ccc(C(Cc2ccoc2)NN)n1. The van der Waals surface area contributed by atoms with Gasteiger partial charge in [0.25, 0.3) is 0 Å². The molecule has 0 fully saturated rings. The summed E-state index contributed by atoms with van der Waals surface area (Å²) in [7, 11) is 1.88. The molecule has 0 aliphatic heterocycles. The van der Waals surface area contributed by atoms with Crippen molar-refractivity contribution in [1.82, 2.24) is 15.2 Å². The van der Waals surface area contributed by atoms with E-state index in [1.165, 1.54) is 0 Å². The van der Waals surface area contributed by atoms with Crippen LogP contribution in [0.3, 0.4) is 0 Å². The van der Waals surface area contributed by atoms with E-state index < -0.39 is 0 Å². The third-order valence-electron chi connectivity index (χ3n) is 2.31. The van der Waals surface area contributed by atoms with Gasteiger partial charge >= 0.3 is 0 Å². The zero-order valence-electron chi connectivity index (χ0n) is 8.55. The monoisotopic (exact) mass is 206 g/mol. The molecule has 2 aromatic heterocycles. The van der Waals surface area contributed by atoms with Gasteiger partial charge in [0.1, 0.15) is 0 Å². The van der Waals surface area contributed by atoms with Crippen molar-refractivity contribution in [3.8, 4) is 0 Å². The van der Waals surface area contributed by atoms with Crippen LogP contribution in [-0.4, -0.2) is 9.78 Å². The topological polar surface area (TPSA) is 69.0 Å². The van der Waals surface area contributed by atoms with Gasteiger partial charge in [-0.3, -0.25) is 16.0 Å². The summed E-state index contributed by atoms with van der Waals surface area (Å²) in [4.78, 5) is 0. The Morgan fingerprint density at radius 2 is 2.47 bits per heavy atom. The second kappa shape index (κ2) is 4.29. The highest BCUT2D eigenvalue weighted by Crippen LogP contribution is 2.15. The first-order valence-corrected chi connectivity index (χ1v) is 4.76. The fourth-order valence-electron chi connectivity index (χ4n) is 1.51. The highest BCUT2D eigenvalue weighted by atomic mass is 16.3. The van der Waals surface area contributed by atoms with Crippen LogP contribution in [0.1, 0.15) is 17.3 Å². The number of hydrogen-bond donors (Lipinski definition) is 2. The molecular weight excluding hydrogens is 192 g/mol. The number of furan rings is 1. The zero-order chi connectivity index (χ0) is 10.7. The van der Waals surface area contributed by atoms with E-state index >= 15 is 0 Å². The van der Waals surface area contributed by atoms with Crippen molar-refractivity contribution in [1.29, 1.82) is 0 Å². The Morgan fingerprint density at radius 1 is 1.60 bits per heavy atom. The summed E-state index contributed by atoms with van der Waals surface area (Å²) >= 11 is 0. The van der Waals surface area contributed by atoms with E-state index in [4.69, 9.17) is 10.3 Å². The van der Waals surface area contributed by atoms with Crippen molar-refractivity contribution in [3.63, 3.8) is 0 Å². The molecule has 0 aliphatic carbocycles. The highest BCUT2D eigenvalue weighted by Gasteiger charge is 2.13. The molecule has 2 rings (SSSR count). The molecule has 3 N–H and O–H groups in total. The predicted octanol–water partition coefficient (Wildman–Crippen LogP) is 0.760. The maximum absolute atomic E-state index is 5.50. The predicted molar refractivity (Wildman–Crippen MR) is 55.7 cm³/mol. The van der Waals surface area contributed by atoms with Gasteiger partial charge in [-0.2, -0.15) is 5.10 Å². The average Bonchev–Trinajstić information content (AvgIpc) is 2.85. The normalized spacial score (nSPS) is 12.9. The lowest BCUT2D eigenvalue weighted by atomic mass is 10.1. The van der Waals surface area contributed by atoms with Crippen LogP contribution in [0.5, 0.6) is 0 Å². The van der Waals surface area contributed by atoms with Crippen molar-refractivity contribution in [3.05, 3.63) is 42.1 Å². The van der Waals surface area contributed by atoms with E-state index in [1.807, 2.05) is 25.4 Å². The van der Waals surface area contributed by atoms with Crippen molar-refractivity contribution in [2.45, 2.75) is 12.5 Å². The van der Waals surface area contributed by atoms with E-state index in [9.17, 15) is 0 Å². The first kappa shape index (κ1) is 9.95. The molecule has 0 saturated heterocycles. The number of rotatable bonds is 4. The number of hydrogen-bond acceptors (Lipinski definition) is 4. The molecule has 0 saturated carbocycles. The van der Waals surface area contributed by atoms with E-state index in [1.54, 1.807) is 17.2 Å². The first-order chi connectivity index (χ1) is 7.29. The largest absolute Gasteiger partial charge is 0.472 e. The van der Waals surface area contributed by atoms with Gasteiger partial charge < -0.3 is 4.42 Å². The summed E-state index contributed by atoms with van der Waals surface area (Å²) in [6.45, 7) is 0. The van der Waals surface area contributed by atoms with Gasteiger partial charge in [0.2, 0.25) is 0 Å². The maximum Gasteiger partial charge on any atom is 0.0935 e. The minimum absolute atomic E-state index is 0.0174. The van der Waals surface area contributed by atoms with Crippen LogP contribution in [0.2, 0.25) is 0 Å². The van der Waals surface area contributed by atoms with Crippen LogP contribution < -0.4 is 11.3 Å². The lowest BCUT2D eigenvalue weighted by molar-refractivity contribution is 0.520. The Balaban J connectivity index is 2.11. The molecule has 0 bridgehead atoms. The Morgan fingerprint density at radius 3 is 3.00 bits per heavy atom. The van der Waals surface area contributed by atoms with Gasteiger partial charge in [-0.05, 0) is 24.1 Å². The number of aromatic nitrogens is 2. The van der Waals surface area contributed by atoms with Crippen molar-refractivity contribution in [2.24, 2.45) is 12.9 Å². The molecule has 1 unspecified atom stereocenters. The summed E-state index contributed by atoms with van der Waals surface area (Å²) in [5.41, 5.74) is 4.78. The number of aryl methyl sites for hydroxylation is 1. The van der Waals surface area contributed by atoms with Gasteiger partial charge in [0, 0.05) is 13.2 Å². The molecule has 0 radical (unpaired) electrons. The molecule has 1 atom stereocenters. The molecule has 0 spiro atoms. The minimum Gasteiger partial charge on any atom is -0.472 e. The third kappa shape index (κ3) is 2.26. The van der Waals surface area contributed by atoms with E-state index in [-0.39, 0.29) is 6.04 Å². The Kier molecular flexibility index (Phi) is 2.84. The maximum atomic E-state index is 5.50.